The molecule has 3 fully saturated rings. The summed E-state index contributed by atoms with van der Waals surface area (Å²) in [4.78, 5) is 29.4. The molecule has 2 aliphatic heterocycles. The van der Waals surface area contributed by atoms with Crippen LogP contribution in [0, 0.1) is 18.8 Å². The molecule has 3 aliphatic rings. The van der Waals surface area contributed by atoms with Crippen molar-refractivity contribution in [2.75, 3.05) is 71.8 Å². The number of methoxy groups -OCH3 is 3. The Balaban J connectivity index is 0.000000205. The van der Waals surface area contributed by atoms with Crippen LogP contribution in [-0.4, -0.2) is 110 Å². The molecule has 0 bridgehead atoms. The van der Waals surface area contributed by atoms with Gasteiger partial charge in [0.15, 0.2) is 0 Å². The van der Waals surface area contributed by atoms with Gasteiger partial charge in [-0.1, -0.05) is 60.1 Å². The summed E-state index contributed by atoms with van der Waals surface area (Å²) in [5.41, 5.74) is 6.78. The van der Waals surface area contributed by atoms with Gasteiger partial charge in [-0.25, -0.2) is 8.42 Å². The van der Waals surface area contributed by atoms with Crippen LogP contribution < -0.4 is 13.8 Å². The minimum absolute atomic E-state index is 0.0790. The van der Waals surface area contributed by atoms with Crippen LogP contribution in [-0.2, 0) is 19.5 Å². The Morgan fingerprint density at radius 1 is 0.694 bits per heavy atom. The van der Waals surface area contributed by atoms with Crippen LogP contribution in [0.4, 0.5) is 5.69 Å². The van der Waals surface area contributed by atoms with Crippen molar-refractivity contribution in [1.29, 1.82) is 0 Å². The first-order valence-electron chi connectivity index (χ1n) is 22.4. The molecule has 0 radical (unpaired) electrons. The molecule has 0 aromatic heterocycles. The summed E-state index contributed by atoms with van der Waals surface area (Å²) < 4.78 is 46.4. The van der Waals surface area contributed by atoms with E-state index in [4.69, 9.17) is 18.9 Å². The summed E-state index contributed by atoms with van der Waals surface area (Å²) in [6.45, 7) is 20.6. The number of nitrogens with zero attached hydrogens (tertiary/aromatic N) is 3. The molecule has 4 atom stereocenters. The Labute approximate surface area is 373 Å². The third kappa shape index (κ3) is 14.2. The number of carbonyl (C=O) groups is 2. The van der Waals surface area contributed by atoms with Crippen LogP contribution in [0.2, 0.25) is 0 Å². The Morgan fingerprint density at radius 2 is 1.16 bits per heavy atom. The predicted molar refractivity (Wildman–Crippen MR) is 251 cm³/mol. The van der Waals surface area contributed by atoms with E-state index >= 15 is 0 Å². The van der Waals surface area contributed by atoms with Crippen LogP contribution in [0.1, 0.15) is 141 Å². The second-order valence-corrected chi connectivity index (χ2v) is 20.4. The fourth-order valence-corrected chi connectivity index (χ4v) is 8.45. The molecule has 12 heteroatoms. The number of ether oxygens (including phenoxy) is 4. The first-order valence-corrected chi connectivity index (χ1v) is 24.2. The summed E-state index contributed by atoms with van der Waals surface area (Å²) in [7, 11) is 3.32. The monoisotopic (exact) mass is 878 g/mol. The first kappa shape index (κ1) is 50.5. The third-order valence-corrected chi connectivity index (χ3v) is 13.5. The predicted octanol–water partition coefficient (Wildman–Crippen LogP) is 9.68. The second kappa shape index (κ2) is 23.0. The van der Waals surface area contributed by atoms with E-state index < -0.39 is 10.0 Å². The van der Waals surface area contributed by atoms with Crippen molar-refractivity contribution in [2.45, 2.75) is 117 Å². The molecule has 2 amide bonds. The smallest absolute Gasteiger partial charge is 0.254 e. The van der Waals surface area contributed by atoms with E-state index in [-0.39, 0.29) is 23.9 Å². The lowest BCUT2D eigenvalue weighted by atomic mass is 9.97. The topological polar surface area (TPSA) is 115 Å². The van der Waals surface area contributed by atoms with Gasteiger partial charge in [0.2, 0.25) is 10.0 Å². The molecule has 3 aromatic rings. The van der Waals surface area contributed by atoms with Crippen molar-refractivity contribution >= 4 is 27.5 Å². The summed E-state index contributed by atoms with van der Waals surface area (Å²) in [5.74, 6) is 4.23. The number of likely N-dealkylation sites (tertiary alicyclic amines) is 2. The quantitative estimate of drug-likeness (QED) is 0.148. The molecular formula is C50H75N3O8S. The number of benzene rings is 3. The van der Waals surface area contributed by atoms with E-state index in [2.05, 4.69) is 61.5 Å². The Bertz CT molecular complexity index is 2050. The molecule has 11 nitrogen and oxygen atoms in total. The van der Waals surface area contributed by atoms with Crippen molar-refractivity contribution < 1.29 is 37.0 Å². The molecule has 6 rings (SSSR count). The number of hydrogen-bond acceptors (Lipinski definition) is 8. The lowest BCUT2D eigenvalue weighted by Gasteiger charge is -2.24. The van der Waals surface area contributed by atoms with Crippen molar-refractivity contribution in [1.82, 2.24) is 9.80 Å². The van der Waals surface area contributed by atoms with Crippen LogP contribution in [0.25, 0.3) is 0 Å². The van der Waals surface area contributed by atoms with Gasteiger partial charge in [0, 0.05) is 51.6 Å². The molecule has 344 valence electrons. The zero-order valence-electron chi connectivity index (χ0n) is 39.8. The fraction of sp³-hybridized carbons (Fsp3) is 0.600. The van der Waals surface area contributed by atoms with Crippen molar-refractivity contribution in [3.05, 3.63) is 88.0 Å². The van der Waals surface area contributed by atoms with Crippen LogP contribution in [0.5, 0.6) is 11.5 Å². The Hall–Kier alpha value is -4.13. The van der Waals surface area contributed by atoms with E-state index in [9.17, 15) is 18.0 Å². The molecule has 2 saturated heterocycles. The number of aryl methyl sites for hydroxylation is 1. The Kier molecular flexibility index (Phi) is 18.7. The second-order valence-electron chi connectivity index (χ2n) is 18.4. The van der Waals surface area contributed by atoms with E-state index in [0.29, 0.717) is 54.7 Å². The number of amides is 2. The van der Waals surface area contributed by atoms with Gasteiger partial charge in [-0.2, -0.15) is 0 Å². The molecule has 0 spiro atoms. The summed E-state index contributed by atoms with van der Waals surface area (Å²) in [6, 6.07) is 18.2. The van der Waals surface area contributed by atoms with Gasteiger partial charge in [-0.3, -0.25) is 13.9 Å². The molecule has 0 N–H and O–H groups in total. The average Bonchev–Trinajstić information content (AvgIpc) is 3.51. The lowest BCUT2D eigenvalue weighted by molar-refractivity contribution is 0.0624. The largest absolute Gasteiger partial charge is 0.497 e. The maximum atomic E-state index is 12.8. The highest BCUT2D eigenvalue weighted by Crippen LogP contribution is 2.38. The van der Waals surface area contributed by atoms with E-state index in [1.54, 1.807) is 34.4 Å². The zero-order valence-corrected chi connectivity index (χ0v) is 40.6. The summed E-state index contributed by atoms with van der Waals surface area (Å²) in [6.07, 6.45) is 6.60. The third-order valence-electron chi connectivity index (χ3n) is 12.3. The molecule has 2 unspecified atom stereocenters. The zero-order chi connectivity index (χ0) is 45.9. The van der Waals surface area contributed by atoms with E-state index in [1.807, 2.05) is 52.3 Å². The van der Waals surface area contributed by atoms with Crippen LogP contribution in [0.15, 0.2) is 54.6 Å². The number of anilines is 1. The van der Waals surface area contributed by atoms with Gasteiger partial charge in [0.25, 0.3) is 11.8 Å². The minimum atomic E-state index is -3.27. The highest BCUT2D eigenvalue weighted by molar-refractivity contribution is 7.92. The number of carbonyl (C=O) groups excluding carboxylic acids is 2. The van der Waals surface area contributed by atoms with Gasteiger partial charge in [-0.15, -0.1) is 0 Å². The minimum Gasteiger partial charge on any atom is -0.497 e. The van der Waals surface area contributed by atoms with Gasteiger partial charge in [0.05, 0.1) is 51.0 Å². The highest BCUT2D eigenvalue weighted by Gasteiger charge is 2.33. The van der Waals surface area contributed by atoms with Crippen molar-refractivity contribution in [2.24, 2.45) is 11.8 Å². The van der Waals surface area contributed by atoms with Gasteiger partial charge < -0.3 is 28.7 Å². The first-order chi connectivity index (χ1) is 29.3. The fourth-order valence-electron chi connectivity index (χ4n) is 7.97. The molecule has 1 saturated carbocycles. The number of rotatable bonds is 15. The maximum Gasteiger partial charge on any atom is 0.254 e. The number of sulfonamides is 1. The summed E-state index contributed by atoms with van der Waals surface area (Å²) >= 11 is 0. The standard InChI is InChI=1S/C17H25NO3.C17H25NO2.C16H25NO3S/c1-12(2)13-8-14(10-16(9-13)21-4)17(19)18-7-5-6-15(18)11-20-3;1-12(2)14-8-13(3)9-15(10-14)17(19)18-7-5-6-16(18)11-20-4;1-11(2)13-7-15(17(4)21(5,18)19)9-16(8-13)20-10-14-6-12(14)3/h8-10,12,15H,5-7,11H2,1-4H3;8-10,12,16H,5-7,11H2,1-4H3;7-9,11-12,14H,6,10H2,1-5H3/t15-;16-;/m11./s1. The van der Waals surface area contributed by atoms with Gasteiger partial charge in [-0.05, 0) is 128 Å². The van der Waals surface area contributed by atoms with Gasteiger partial charge in [0.1, 0.15) is 11.5 Å². The van der Waals surface area contributed by atoms with Crippen LogP contribution >= 0.6 is 0 Å². The molecule has 3 aromatic carbocycles. The molecule has 1 aliphatic carbocycles. The van der Waals surface area contributed by atoms with Crippen LogP contribution in [0.3, 0.4) is 0 Å². The van der Waals surface area contributed by atoms with E-state index in [1.165, 1.54) is 22.5 Å². The normalized spacial score (nSPS) is 19.5. The molecular weight excluding hydrogens is 803 g/mol. The maximum absolute atomic E-state index is 12.8. The molecule has 62 heavy (non-hydrogen) atoms. The van der Waals surface area contributed by atoms with Crippen molar-refractivity contribution in [3.8, 4) is 11.5 Å². The average molecular weight is 878 g/mol. The van der Waals surface area contributed by atoms with E-state index in [0.717, 1.165) is 78.4 Å². The number of hydrogen-bond donors (Lipinski definition) is 0. The lowest BCUT2D eigenvalue weighted by Crippen LogP contribution is -2.38. The summed E-state index contributed by atoms with van der Waals surface area (Å²) in [5, 5.41) is 0. The SMILES string of the molecule is CC(C)c1cc(OCC2CC2C)cc(N(C)S(C)(=O)=O)c1.COC[C@H]1CCCN1C(=O)c1cc(C)cc(C(C)C)c1.COC[C@H]1CCCN1C(=O)c1cc(OC)cc(C(C)C)c1. The Morgan fingerprint density at radius 3 is 1.61 bits per heavy atom. The van der Waals surface area contributed by atoms with Crippen molar-refractivity contribution in [3.63, 3.8) is 0 Å². The highest BCUT2D eigenvalue weighted by atomic mass is 32.2. The molecule has 2 heterocycles. The van der Waals surface area contributed by atoms with Gasteiger partial charge >= 0.3 is 0 Å².